The van der Waals surface area contributed by atoms with Gasteiger partial charge in [-0.2, -0.15) is 0 Å². The van der Waals surface area contributed by atoms with Crippen LogP contribution in [-0.4, -0.2) is 34.7 Å². The molecule has 2 heterocycles. The van der Waals surface area contributed by atoms with E-state index >= 15 is 0 Å². The molecule has 0 saturated carbocycles. The SMILES string of the molecule is CCNCCc1cn(Cc2ncc(C)c(OC)c2C)cn1. The first kappa shape index (κ1) is 15.5. The summed E-state index contributed by atoms with van der Waals surface area (Å²) in [5, 5.41) is 3.31. The molecule has 5 nitrogen and oxygen atoms in total. The average molecular weight is 288 g/mol. The first-order valence-electron chi connectivity index (χ1n) is 7.36. The normalized spacial score (nSPS) is 10.9. The Balaban J connectivity index is 2.08. The summed E-state index contributed by atoms with van der Waals surface area (Å²) in [6.45, 7) is 8.85. The lowest BCUT2D eigenvalue weighted by Gasteiger charge is -2.12. The summed E-state index contributed by atoms with van der Waals surface area (Å²) in [7, 11) is 1.70. The number of hydrogen-bond donors (Lipinski definition) is 1. The van der Waals surface area contributed by atoms with Gasteiger partial charge in [-0.3, -0.25) is 4.98 Å². The van der Waals surface area contributed by atoms with E-state index in [0.29, 0.717) is 0 Å². The van der Waals surface area contributed by atoms with E-state index in [0.717, 1.165) is 54.3 Å². The summed E-state index contributed by atoms with van der Waals surface area (Å²) in [5.74, 6) is 0.924. The highest BCUT2D eigenvalue weighted by Gasteiger charge is 2.10. The first-order chi connectivity index (χ1) is 10.2. The molecule has 2 aromatic rings. The Morgan fingerprint density at radius 1 is 1.29 bits per heavy atom. The number of rotatable bonds is 7. The number of pyridine rings is 1. The van der Waals surface area contributed by atoms with Gasteiger partial charge in [0.2, 0.25) is 0 Å². The van der Waals surface area contributed by atoms with Gasteiger partial charge in [0.15, 0.2) is 0 Å². The number of nitrogens with one attached hydrogen (secondary N) is 1. The fourth-order valence-electron chi connectivity index (χ4n) is 2.42. The number of imidazole rings is 1. The molecule has 0 spiro atoms. The molecule has 0 atom stereocenters. The quantitative estimate of drug-likeness (QED) is 0.793. The predicted molar refractivity (Wildman–Crippen MR) is 83.8 cm³/mol. The zero-order valence-corrected chi connectivity index (χ0v) is 13.3. The monoisotopic (exact) mass is 288 g/mol. The minimum atomic E-state index is 0.719. The van der Waals surface area contributed by atoms with Crippen LogP contribution in [0.3, 0.4) is 0 Å². The molecule has 0 aliphatic rings. The van der Waals surface area contributed by atoms with Crippen LogP contribution < -0.4 is 10.1 Å². The summed E-state index contributed by atoms with van der Waals surface area (Å²) in [6, 6.07) is 0. The van der Waals surface area contributed by atoms with Gasteiger partial charge in [-0.1, -0.05) is 6.92 Å². The summed E-state index contributed by atoms with van der Waals surface area (Å²) in [5.41, 5.74) is 4.29. The van der Waals surface area contributed by atoms with Crippen LogP contribution in [0.2, 0.25) is 0 Å². The molecule has 0 radical (unpaired) electrons. The van der Waals surface area contributed by atoms with Gasteiger partial charge < -0.3 is 14.6 Å². The molecular formula is C16H24N4O. The number of nitrogens with zero attached hydrogens (tertiary/aromatic N) is 3. The van der Waals surface area contributed by atoms with Crippen LogP contribution in [0.15, 0.2) is 18.7 Å². The molecule has 0 aliphatic carbocycles. The molecule has 2 rings (SSSR count). The van der Waals surface area contributed by atoms with Gasteiger partial charge in [-0.25, -0.2) is 4.98 Å². The third-order valence-corrected chi connectivity index (χ3v) is 3.58. The minimum absolute atomic E-state index is 0.719. The molecule has 0 bridgehead atoms. The van der Waals surface area contributed by atoms with Crippen LogP contribution in [-0.2, 0) is 13.0 Å². The highest BCUT2D eigenvalue weighted by Crippen LogP contribution is 2.24. The number of hydrogen-bond acceptors (Lipinski definition) is 4. The van der Waals surface area contributed by atoms with Gasteiger partial charge >= 0.3 is 0 Å². The van der Waals surface area contributed by atoms with Crippen LogP contribution in [0, 0.1) is 13.8 Å². The Kier molecular flexibility index (Phi) is 5.33. The maximum Gasteiger partial charge on any atom is 0.128 e. The number of aromatic nitrogens is 3. The smallest absolute Gasteiger partial charge is 0.128 e. The largest absolute Gasteiger partial charge is 0.496 e. The highest BCUT2D eigenvalue weighted by atomic mass is 16.5. The van der Waals surface area contributed by atoms with Crippen molar-refractivity contribution in [3.05, 3.63) is 41.2 Å². The average Bonchev–Trinajstić information content (AvgIpc) is 2.91. The summed E-state index contributed by atoms with van der Waals surface area (Å²) >= 11 is 0. The van der Waals surface area contributed by atoms with Crippen LogP contribution in [0.25, 0.3) is 0 Å². The Bertz CT molecular complexity index is 592. The van der Waals surface area contributed by atoms with Crippen molar-refractivity contribution < 1.29 is 4.74 Å². The van der Waals surface area contributed by atoms with Gasteiger partial charge in [-0.05, 0) is 20.4 Å². The maximum atomic E-state index is 5.45. The van der Waals surface area contributed by atoms with Gasteiger partial charge in [0.05, 0.1) is 31.4 Å². The van der Waals surface area contributed by atoms with Crippen molar-refractivity contribution in [2.45, 2.75) is 33.7 Å². The molecule has 21 heavy (non-hydrogen) atoms. The summed E-state index contributed by atoms with van der Waals surface area (Å²) in [4.78, 5) is 8.96. The van der Waals surface area contributed by atoms with E-state index < -0.39 is 0 Å². The van der Waals surface area contributed by atoms with Crippen LogP contribution in [0.5, 0.6) is 5.75 Å². The lowest BCUT2D eigenvalue weighted by molar-refractivity contribution is 0.406. The standard InChI is InChI=1S/C16H24N4O/c1-5-17-7-6-14-9-20(11-19-14)10-15-13(3)16(21-4)12(2)8-18-15/h8-9,11,17H,5-7,10H2,1-4H3. The van der Waals surface area contributed by atoms with Crippen LogP contribution >= 0.6 is 0 Å². The number of ether oxygens (including phenoxy) is 1. The lowest BCUT2D eigenvalue weighted by Crippen LogP contribution is -2.16. The summed E-state index contributed by atoms with van der Waals surface area (Å²) < 4.78 is 7.53. The molecule has 2 aromatic heterocycles. The van der Waals surface area contributed by atoms with Crippen molar-refractivity contribution in [3.8, 4) is 5.75 Å². The minimum Gasteiger partial charge on any atom is -0.496 e. The Morgan fingerprint density at radius 3 is 2.81 bits per heavy atom. The molecule has 0 unspecified atom stereocenters. The van der Waals surface area contributed by atoms with E-state index in [1.807, 2.05) is 19.4 Å². The van der Waals surface area contributed by atoms with Crippen molar-refractivity contribution in [2.24, 2.45) is 0 Å². The second-order valence-corrected chi connectivity index (χ2v) is 5.19. The summed E-state index contributed by atoms with van der Waals surface area (Å²) in [6.07, 6.45) is 6.77. The molecule has 0 aromatic carbocycles. The first-order valence-corrected chi connectivity index (χ1v) is 7.36. The Hall–Kier alpha value is -1.88. The van der Waals surface area contributed by atoms with Gasteiger partial charge in [0, 0.05) is 36.5 Å². The van der Waals surface area contributed by atoms with E-state index in [9.17, 15) is 0 Å². The molecule has 0 saturated heterocycles. The third-order valence-electron chi connectivity index (χ3n) is 3.58. The molecule has 0 fully saturated rings. The number of aryl methyl sites for hydroxylation is 1. The maximum absolute atomic E-state index is 5.45. The molecular weight excluding hydrogens is 264 g/mol. The fourth-order valence-corrected chi connectivity index (χ4v) is 2.42. The number of methoxy groups -OCH3 is 1. The van der Waals surface area contributed by atoms with Gasteiger partial charge in [0.25, 0.3) is 0 Å². The van der Waals surface area contributed by atoms with E-state index in [1.54, 1.807) is 7.11 Å². The lowest BCUT2D eigenvalue weighted by atomic mass is 10.1. The zero-order valence-electron chi connectivity index (χ0n) is 13.3. The van der Waals surface area contributed by atoms with Crippen molar-refractivity contribution in [2.75, 3.05) is 20.2 Å². The molecule has 0 amide bonds. The molecule has 5 heteroatoms. The molecule has 0 aliphatic heterocycles. The van der Waals surface area contributed by atoms with Gasteiger partial charge in [0.1, 0.15) is 5.75 Å². The zero-order chi connectivity index (χ0) is 15.2. The van der Waals surface area contributed by atoms with E-state index in [-0.39, 0.29) is 0 Å². The topological polar surface area (TPSA) is 52.0 Å². The fraction of sp³-hybridized carbons (Fsp3) is 0.500. The van der Waals surface area contributed by atoms with E-state index in [2.05, 4.69) is 39.9 Å². The highest BCUT2D eigenvalue weighted by molar-refractivity contribution is 5.41. The van der Waals surface area contributed by atoms with Crippen molar-refractivity contribution >= 4 is 0 Å². The predicted octanol–water partition coefficient (Wildman–Crippen LogP) is 2.10. The van der Waals surface area contributed by atoms with Crippen molar-refractivity contribution in [1.82, 2.24) is 19.9 Å². The second-order valence-electron chi connectivity index (χ2n) is 5.19. The Labute approximate surface area is 126 Å². The van der Waals surface area contributed by atoms with E-state index in [4.69, 9.17) is 4.74 Å². The van der Waals surface area contributed by atoms with Crippen LogP contribution in [0.1, 0.15) is 29.4 Å². The van der Waals surface area contributed by atoms with Crippen LogP contribution in [0.4, 0.5) is 0 Å². The second kappa shape index (κ2) is 7.22. The Morgan fingerprint density at radius 2 is 2.10 bits per heavy atom. The number of likely N-dealkylation sites (N-methyl/N-ethyl adjacent to an activating group) is 1. The van der Waals surface area contributed by atoms with E-state index in [1.165, 1.54) is 0 Å². The molecule has 114 valence electrons. The van der Waals surface area contributed by atoms with Crippen molar-refractivity contribution in [1.29, 1.82) is 0 Å². The van der Waals surface area contributed by atoms with Gasteiger partial charge in [-0.15, -0.1) is 0 Å². The third kappa shape index (κ3) is 3.82. The molecule has 1 N–H and O–H groups in total. The van der Waals surface area contributed by atoms with Crippen molar-refractivity contribution in [3.63, 3.8) is 0 Å².